The predicted octanol–water partition coefficient (Wildman–Crippen LogP) is 3.85. The third-order valence-corrected chi connectivity index (χ3v) is 3.47. The van der Waals surface area contributed by atoms with E-state index in [0.29, 0.717) is 11.3 Å². The third-order valence-electron chi connectivity index (χ3n) is 3.47. The van der Waals surface area contributed by atoms with E-state index >= 15 is 0 Å². The highest BCUT2D eigenvalue weighted by atomic mass is 19.4. The first-order chi connectivity index (χ1) is 11.7. The quantitative estimate of drug-likeness (QED) is 0.880. The van der Waals surface area contributed by atoms with Gasteiger partial charge in [0.25, 0.3) is 11.8 Å². The smallest absolute Gasteiger partial charge is 0.343 e. The molecule has 2 aromatic carbocycles. The summed E-state index contributed by atoms with van der Waals surface area (Å²) in [5.74, 6) is -1.21. The topological polar surface area (TPSA) is 58.2 Å². The molecule has 0 saturated carbocycles. The lowest BCUT2D eigenvalue weighted by molar-refractivity contribution is -0.123. The number of amides is 2. The van der Waals surface area contributed by atoms with Crippen LogP contribution in [-0.2, 0) is 0 Å². The molecule has 7 heteroatoms. The molecule has 0 spiro atoms. The number of hydrogen-bond donors (Lipinski definition) is 2. The Bertz CT molecular complexity index is 801. The van der Waals surface area contributed by atoms with Crippen molar-refractivity contribution in [2.45, 2.75) is 20.0 Å². The summed E-state index contributed by atoms with van der Waals surface area (Å²) in [6.07, 6.45) is -4.48. The van der Waals surface area contributed by atoms with Crippen LogP contribution in [0.1, 0.15) is 31.8 Å². The Kier molecular flexibility index (Phi) is 5.46. The summed E-state index contributed by atoms with van der Waals surface area (Å²) in [6, 6.07) is 11.2. The zero-order valence-electron chi connectivity index (χ0n) is 13.7. The number of aryl methyl sites for hydroxylation is 2. The zero-order chi connectivity index (χ0) is 18.6. The first-order valence-electron chi connectivity index (χ1n) is 7.49. The Morgan fingerprint density at radius 3 is 2.40 bits per heavy atom. The number of anilines is 1. The van der Waals surface area contributed by atoms with E-state index in [1.807, 2.05) is 19.1 Å². The van der Waals surface area contributed by atoms with Gasteiger partial charge in [0, 0.05) is 16.8 Å². The van der Waals surface area contributed by atoms with E-state index in [0.717, 1.165) is 11.1 Å². The maximum absolute atomic E-state index is 12.4. The summed E-state index contributed by atoms with van der Waals surface area (Å²) in [4.78, 5) is 24.1. The summed E-state index contributed by atoms with van der Waals surface area (Å²) >= 11 is 0. The maximum Gasteiger partial charge on any atom is 0.405 e. The highest BCUT2D eigenvalue weighted by Crippen LogP contribution is 2.16. The number of halogens is 3. The Hall–Kier alpha value is -2.83. The average molecular weight is 350 g/mol. The van der Waals surface area contributed by atoms with Crippen LogP contribution in [0.25, 0.3) is 0 Å². The van der Waals surface area contributed by atoms with E-state index in [4.69, 9.17) is 0 Å². The molecule has 0 fully saturated rings. The van der Waals surface area contributed by atoms with Crippen LogP contribution in [0, 0.1) is 13.8 Å². The van der Waals surface area contributed by atoms with Crippen molar-refractivity contribution >= 4 is 17.5 Å². The molecule has 2 aromatic rings. The molecule has 4 nitrogen and oxygen atoms in total. The molecule has 0 aliphatic carbocycles. The van der Waals surface area contributed by atoms with Crippen molar-refractivity contribution in [2.75, 3.05) is 11.9 Å². The second-order valence-electron chi connectivity index (χ2n) is 5.65. The van der Waals surface area contributed by atoms with E-state index in [9.17, 15) is 22.8 Å². The van der Waals surface area contributed by atoms with Crippen molar-refractivity contribution in [3.63, 3.8) is 0 Å². The summed E-state index contributed by atoms with van der Waals surface area (Å²) in [5.41, 5.74) is 2.57. The van der Waals surface area contributed by atoms with Gasteiger partial charge in [0.15, 0.2) is 0 Å². The van der Waals surface area contributed by atoms with Crippen molar-refractivity contribution in [1.29, 1.82) is 0 Å². The minimum Gasteiger partial charge on any atom is -0.343 e. The fourth-order valence-corrected chi connectivity index (χ4v) is 2.20. The molecule has 0 aliphatic heterocycles. The first kappa shape index (κ1) is 18.5. The number of carbonyl (C=O) groups excluding carboxylic acids is 2. The van der Waals surface area contributed by atoms with Crippen molar-refractivity contribution in [3.05, 3.63) is 64.7 Å². The predicted molar refractivity (Wildman–Crippen MR) is 88.7 cm³/mol. The zero-order valence-corrected chi connectivity index (χ0v) is 13.7. The van der Waals surface area contributed by atoms with Gasteiger partial charge in [-0.15, -0.1) is 0 Å². The number of rotatable bonds is 4. The molecular weight excluding hydrogens is 333 g/mol. The van der Waals surface area contributed by atoms with Crippen molar-refractivity contribution in [3.8, 4) is 0 Å². The first-order valence-corrected chi connectivity index (χ1v) is 7.49. The van der Waals surface area contributed by atoms with E-state index in [2.05, 4.69) is 5.32 Å². The summed E-state index contributed by atoms with van der Waals surface area (Å²) in [7, 11) is 0. The van der Waals surface area contributed by atoms with Gasteiger partial charge in [0.2, 0.25) is 0 Å². The molecule has 0 radical (unpaired) electrons. The van der Waals surface area contributed by atoms with Crippen LogP contribution in [0.4, 0.5) is 18.9 Å². The van der Waals surface area contributed by atoms with Crippen LogP contribution >= 0.6 is 0 Å². The van der Waals surface area contributed by atoms with Gasteiger partial charge in [-0.3, -0.25) is 9.59 Å². The van der Waals surface area contributed by atoms with Crippen LogP contribution < -0.4 is 10.6 Å². The second kappa shape index (κ2) is 7.38. The Balaban J connectivity index is 2.12. The van der Waals surface area contributed by atoms with Crippen LogP contribution in [0.2, 0.25) is 0 Å². The fraction of sp³-hybridized carbons (Fsp3) is 0.222. The van der Waals surface area contributed by atoms with Gasteiger partial charge in [-0.25, -0.2) is 0 Å². The van der Waals surface area contributed by atoms with Crippen LogP contribution in [0.3, 0.4) is 0 Å². The molecule has 0 aromatic heterocycles. The van der Waals surface area contributed by atoms with Crippen molar-refractivity contribution in [1.82, 2.24) is 5.32 Å². The summed E-state index contributed by atoms with van der Waals surface area (Å²) in [6.45, 7) is 2.25. The Morgan fingerprint density at radius 2 is 1.72 bits per heavy atom. The summed E-state index contributed by atoms with van der Waals surface area (Å²) < 4.78 is 36.5. The molecule has 0 saturated heterocycles. The Labute approximate surface area is 143 Å². The van der Waals surface area contributed by atoms with Gasteiger partial charge in [-0.2, -0.15) is 13.2 Å². The van der Waals surface area contributed by atoms with Crippen LogP contribution in [0.15, 0.2) is 42.5 Å². The minimum atomic E-state index is -4.48. The molecule has 2 N–H and O–H groups in total. The summed E-state index contributed by atoms with van der Waals surface area (Å²) in [5, 5.41) is 4.44. The number of hydrogen-bond acceptors (Lipinski definition) is 2. The van der Waals surface area contributed by atoms with Gasteiger partial charge >= 0.3 is 6.18 Å². The van der Waals surface area contributed by atoms with Crippen molar-refractivity contribution < 1.29 is 22.8 Å². The third kappa shape index (κ3) is 5.34. The minimum absolute atomic E-state index is 0.0306. The average Bonchev–Trinajstić information content (AvgIpc) is 2.54. The fourth-order valence-electron chi connectivity index (χ4n) is 2.20. The molecule has 2 amide bonds. The number of carbonyl (C=O) groups is 2. The van der Waals surface area contributed by atoms with Crippen molar-refractivity contribution in [2.24, 2.45) is 0 Å². The molecule has 0 unspecified atom stereocenters. The lowest BCUT2D eigenvalue weighted by Crippen LogP contribution is -2.33. The van der Waals surface area contributed by atoms with Gasteiger partial charge < -0.3 is 10.6 Å². The number of benzene rings is 2. The van der Waals surface area contributed by atoms with Gasteiger partial charge in [-0.1, -0.05) is 23.8 Å². The maximum atomic E-state index is 12.4. The lowest BCUT2D eigenvalue weighted by atomic mass is 10.0. The van der Waals surface area contributed by atoms with E-state index in [-0.39, 0.29) is 11.5 Å². The molecule has 132 valence electrons. The molecule has 25 heavy (non-hydrogen) atoms. The highest BCUT2D eigenvalue weighted by molar-refractivity contribution is 6.06. The highest BCUT2D eigenvalue weighted by Gasteiger charge is 2.27. The van der Waals surface area contributed by atoms with E-state index in [1.165, 1.54) is 18.2 Å². The molecule has 2 rings (SSSR count). The largest absolute Gasteiger partial charge is 0.405 e. The van der Waals surface area contributed by atoms with Crippen LogP contribution in [-0.4, -0.2) is 24.5 Å². The van der Waals surface area contributed by atoms with Gasteiger partial charge in [0.1, 0.15) is 6.54 Å². The number of alkyl halides is 3. The van der Waals surface area contributed by atoms with Crippen LogP contribution in [0.5, 0.6) is 0 Å². The molecule has 0 heterocycles. The standard InChI is InChI=1S/C18H17F3N2O2/c1-11-6-7-12(2)15(8-11)17(25)23-14-5-3-4-13(9-14)16(24)22-10-18(19,20)21/h3-9H,10H2,1-2H3,(H,22,24)(H,23,25). The Morgan fingerprint density at radius 1 is 1.00 bits per heavy atom. The van der Waals surface area contributed by atoms with Gasteiger partial charge in [-0.05, 0) is 43.7 Å². The van der Waals surface area contributed by atoms with Gasteiger partial charge in [0.05, 0.1) is 0 Å². The normalized spacial score (nSPS) is 11.1. The van der Waals surface area contributed by atoms with E-state index < -0.39 is 18.6 Å². The lowest BCUT2D eigenvalue weighted by Gasteiger charge is -2.11. The van der Waals surface area contributed by atoms with E-state index in [1.54, 1.807) is 24.4 Å². The monoisotopic (exact) mass is 350 g/mol. The molecule has 0 aliphatic rings. The molecule has 0 bridgehead atoms. The molecule has 0 atom stereocenters. The number of nitrogens with one attached hydrogen (secondary N) is 2. The molecular formula is C18H17F3N2O2. The SMILES string of the molecule is Cc1ccc(C)c(C(=O)Nc2cccc(C(=O)NCC(F)(F)F)c2)c1. The second-order valence-corrected chi connectivity index (χ2v) is 5.65.